The Morgan fingerprint density at radius 2 is 1.43 bits per heavy atom. The van der Waals surface area contributed by atoms with E-state index in [1.54, 1.807) is 0 Å². The molecule has 0 radical (unpaired) electrons. The second-order valence-corrected chi connectivity index (χ2v) is 25.4. The Balaban J connectivity index is 3.23. The average Bonchev–Trinajstić information content (AvgIpc) is 2.65. The molecule has 4 heteroatoms. The Hall–Kier alpha value is 0.126. The monoisotopic (exact) mass is 513 g/mol. The van der Waals surface area contributed by atoms with E-state index >= 15 is 0 Å². The van der Waals surface area contributed by atoms with Crippen molar-refractivity contribution >= 4 is 31.1 Å². The molecule has 0 fully saturated rings. The first-order valence-corrected chi connectivity index (χ1v) is 22.1. The van der Waals surface area contributed by atoms with Gasteiger partial charge in [0.05, 0.1) is 0 Å². The van der Waals surface area contributed by atoms with E-state index in [0.29, 0.717) is 0 Å². The summed E-state index contributed by atoms with van der Waals surface area (Å²) in [5.74, 6) is 0. The maximum atomic E-state index is 6.44. The Labute approximate surface area is 181 Å². The zero-order valence-electron chi connectivity index (χ0n) is 20.1. The quantitative estimate of drug-likeness (QED) is 0.260. The van der Waals surface area contributed by atoms with Crippen LogP contribution < -0.4 is 3.71 Å². The first-order valence-electron chi connectivity index (χ1n) is 11.8. The molecule has 0 amide bonds. The van der Waals surface area contributed by atoms with E-state index in [2.05, 4.69) is 73.0 Å². The van der Waals surface area contributed by atoms with Gasteiger partial charge in [0.25, 0.3) is 0 Å². The van der Waals surface area contributed by atoms with Gasteiger partial charge in [0.15, 0.2) is 0 Å². The normalized spacial score (nSPS) is 13.9. The van der Waals surface area contributed by atoms with Crippen LogP contribution in [-0.2, 0) is 4.43 Å². The van der Waals surface area contributed by atoms with Gasteiger partial charge in [-0.1, -0.05) is 0 Å². The maximum absolute atomic E-state index is 6.44. The summed E-state index contributed by atoms with van der Waals surface area (Å²) in [5.41, 5.74) is 1.38. The van der Waals surface area contributed by atoms with E-state index in [-0.39, 0.29) is 11.5 Å². The van der Waals surface area contributed by atoms with Crippen molar-refractivity contribution in [2.24, 2.45) is 5.41 Å². The molecule has 0 saturated heterocycles. The van der Waals surface area contributed by atoms with Gasteiger partial charge in [-0.25, -0.2) is 0 Å². The summed E-state index contributed by atoms with van der Waals surface area (Å²) in [6.45, 7) is 18.4. The van der Waals surface area contributed by atoms with Gasteiger partial charge in [-0.05, 0) is 0 Å². The molecular weight excluding hydrogens is 465 g/mol. The van der Waals surface area contributed by atoms with Gasteiger partial charge in [-0.2, -0.15) is 0 Å². The molecule has 0 aliphatic carbocycles. The van der Waals surface area contributed by atoms with Crippen molar-refractivity contribution in [2.45, 2.75) is 113 Å². The molecule has 1 atom stereocenters. The molecule has 0 saturated carbocycles. The van der Waals surface area contributed by atoms with Crippen LogP contribution in [0.15, 0.2) is 18.3 Å². The van der Waals surface area contributed by atoms with E-state index < -0.39 is 27.4 Å². The molecule has 0 aliphatic heterocycles. The van der Waals surface area contributed by atoms with Crippen molar-refractivity contribution in [2.75, 3.05) is 0 Å². The van der Waals surface area contributed by atoms with Crippen LogP contribution >= 0.6 is 0 Å². The second kappa shape index (κ2) is 12.7. The molecule has 1 aromatic rings. The number of rotatable bonds is 13. The zero-order valence-corrected chi connectivity index (χ0v) is 24.1. The van der Waals surface area contributed by atoms with Crippen LogP contribution in [0.4, 0.5) is 0 Å². The summed E-state index contributed by atoms with van der Waals surface area (Å²) in [6.07, 6.45) is 10.4. The van der Waals surface area contributed by atoms with E-state index in [9.17, 15) is 0 Å². The summed E-state index contributed by atoms with van der Waals surface area (Å²) in [4.78, 5) is 5.18. The van der Waals surface area contributed by atoms with Gasteiger partial charge < -0.3 is 0 Å². The predicted octanol–water partition coefficient (Wildman–Crippen LogP) is 7.22. The van der Waals surface area contributed by atoms with Crippen molar-refractivity contribution in [1.29, 1.82) is 0 Å². The fraction of sp³-hybridized carbons (Fsp3) is 0.792. The Kier molecular flexibility index (Phi) is 11.9. The first-order chi connectivity index (χ1) is 13.2. The van der Waals surface area contributed by atoms with Crippen molar-refractivity contribution in [3.8, 4) is 0 Å². The molecular formula is C24H47NOSiSn. The van der Waals surface area contributed by atoms with Crippen LogP contribution in [0.2, 0.25) is 26.4 Å². The fourth-order valence-corrected chi connectivity index (χ4v) is 20.7. The Morgan fingerprint density at radius 1 is 0.929 bits per heavy atom. The molecule has 2 nitrogen and oxygen atoms in total. The third-order valence-corrected chi connectivity index (χ3v) is 21.8. The van der Waals surface area contributed by atoms with Crippen molar-refractivity contribution in [3.05, 3.63) is 23.9 Å². The van der Waals surface area contributed by atoms with E-state index in [1.807, 2.05) is 0 Å². The van der Waals surface area contributed by atoms with Gasteiger partial charge in [0.1, 0.15) is 0 Å². The number of unbranched alkanes of at least 4 members (excludes halogenated alkanes) is 3. The third-order valence-electron chi connectivity index (χ3n) is 5.85. The Morgan fingerprint density at radius 3 is 1.75 bits per heavy atom. The van der Waals surface area contributed by atoms with E-state index in [0.717, 1.165) is 0 Å². The number of hydrogen-bond donors (Lipinski definition) is 0. The standard InChI is InChI=1S/C12H20NOSi.3C4H9.Sn/c1-12(2,3)11(14-15(4)5)10-7-6-8-13-9-10;3*1-3-4-2;/h6-7,9,11,15H,1-5H3;3*1,3-4H2,2H3;. The van der Waals surface area contributed by atoms with E-state index in [4.69, 9.17) is 9.41 Å². The minimum absolute atomic E-state index is 0.105. The molecule has 0 bridgehead atoms. The molecule has 1 unspecified atom stereocenters. The van der Waals surface area contributed by atoms with Gasteiger partial charge in [-0.3, -0.25) is 0 Å². The third kappa shape index (κ3) is 8.10. The summed E-state index contributed by atoms with van der Waals surface area (Å²) in [7, 11) is -1.10. The molecule has 1 rings (SSSR count). The zero-order chi connectivity index (χ0) is 21.2. The molecule has 0 N–H and O–H groups in total. The van der Waals surface area contributed by atoms with Gasteiger partial charge in [-0.15, -0.1) is 0 Å². The van der Waals surface area contributed by atoms with Gasteiger partial charge in [0, 0.05) is 0 Å². The molecule has 0 aliphatic rings. The van der Waals surface area contributed by atoms with Crippen LogP contribution in [0, 0.1) is 5.41 Å². The van der Waals surface area contributed by atoms with Crippen LogP contribution in [0.1, 0.15) is 91.7 Å². The number of nitrogens with zero attached hydrogens (tertiary/aromatic N) is 1. The van der Waals surface area contributed by atoms with Crippen LogP contribution in [0.3, 0.4) is 0 Å². The van der Waals surface area contributed by atoms with Crippen molar-refractivity contribution in [1.82, 2.24) is 4.98 Å². The van der Waals surface area contributed by atoms with Crippen LogP contribution in [0.5, 0.6) is 0 Å². The summed E-state index contributed by atoms with van der Waals surface area (Å²) >= 11 is -2.42. The summed E-state index contributed by atoms with van der Waals surface area (Å²) in [6, 6.07) is 4.79. The van der Waals surface area contributed by atoms with Gasteiger partial charge in [0.2, 0.25) is 0 Å². The topological polar surface area (TPSA) is 22.1 Å². The van der Waals surface area contributed by atoms with Crippen molar-refractivity contribution in [3.63, 3.8) is 0 Å². The number of pyridine rings is 1. The fourth-order valence-electron chi connectivity index (χ4n) is 4.23. The molecule has 28 heavy (non-hydrogen) atoms. The molecule has 0 spiro atoms. The molecule has 162 valence electrons. The molecule has 0 aromatic carbocycles. The average molecular weight is 512 g/mol. The predicted molar refractivity (Wildman–Crippen MR) is 131 cm³/mol. The summed E-state index contributed by atoms with van der Waals surface area (Å²) < 4.78 is 12.4. The number of aromatic nitrogens is 1. The SMILES string of the molecule is CCC[CH2][Sn]([CH2]CCC)([CH2]CCC)[c]1ccc(C(O[SiH](C)C)C(C)(C)C)cn1. The minimum atomic E-state index is -2.42. The Bertz CT molecular complexity index is 517. The number of hydrogen-bond acceptors (Lipinski definition) is 2. The summed E-state index contributed by atoms with van der Waals surface area (Å²) in [5, 5.41) is 0. The first kappa shape index (κ1) is 26.2. The van der Waals surface area contributed by atoms with Gasteiger partial charge >= 0.3 is 182 Å². The van der Waals surface area contributed by atoms with Crippen LogP contribution in [0.25, 0.3) is 0 Å². The molecule has 1 heterocycles. The molecule has 1 aromatic heterocycles. The van der Waals surface area contributed by atoms with Crippen LogP contribution in [-0.4, -0.2) is 32.4 Å². The van der Waals surface area contributed by atoms with Crippen molar-refractivity contribution < 1.29 is 4.43 Å². The van der Waals surface area contributed by atoms with E-state index in [1.165, 1.54) is 61.1 Å². The second-order valence-electron chi connectivity index (χ2n) is 10.00.